The van der Waals surface area contributed by atoms with Crippen LogP contribution >= 0.6 is 11.6 Å². The van der Waals surface area contributed by atoms with Crippen molar-refractivity contribution in [2.24, 2.45) is 0 Å². The number of carbonyl (C=O) groups is 1. The number of halogens is 1. The monoisotopic (exact) mass is 512 g/mol. The van der Waals surface area contributed by atoms with Crippen LogP contribution in [0.4, 0.5) is 11.4 Å². The van der Waals surface area contributed by atoms with Crippen molar-refractivity contribution in [1.29, 1.82) is 0 Å². The van der Waals surface area contributed by atoms with Gasteiger partial charge in [-0.05, 0) is 72.8 Å². The summed E-state index contributed by atoms with van der Waals surface area (Å²) in [5.41, 5.74) is 0.805. The Morgan fingerprint density at radius 2 is 1.60 bits per heavy atom. The molecule has 1 heterocycles. The van der Waals surface area contributed by atoms with Crippen LogP contribution in [-0.4, -0.2) is 21.4 Å². The minimum atomic E-state index is -3.80. The minimum absolute atomic E-state index is 0.0447. The molecule has 0 aliphatic carbocycles. The third-order valence-corrected chi connectivity index (χ3v) is 6.57. The van der Waals surface area contributed by atoms with E-state index in [4.69, 9.17) is 25.5 Å². The lowest BCUT2D eigenvalue weighted by atomic mass is 10.3. The minimum Gasteiger partial charge on any atom is -0.497 e. The zero-order valence-corrected chi connectivity index (χ0v) is 20.1. The lowest BCUT2D eigenvalue weighted by Gasteiger charge is -2.10. The van der Waals surface area contributed by atoms with Crippen LogP contribution in [-0.2, 0) is 16.6 Å². The van der Waals surface area contributed by atoms with Gasteiger partial charge >= 0.3 is 0 Å². The second-order valence-electron chi connectivity index (χ2n) is 7.30. The first-order valence-corrected chi connectivity index (χ1v) is 12.2. The Bertz CT molecular complexity index is 1420. The maximum absolute atomic E-state index is 12.6. The number of methoxy groups -OCH3 is 1. The number of hydrogen-bond donors (Lipinski definition) is 2. The van der Waals surface area contributed by atoms with Crippen LogP contribution in [0.15, 0.2) is 94.2 Å². The number of furan rings is 1. The van der Waals surface area contributed by atoms with E-state index in [0.717, 1.165) is 0 Å². The molecule has 0 radical (unpaired) electrons. The van der Waals surface area contributed by atoms with Gasteiger partial charge in [0.1, 0.15) is 23.9 Å². The predicted octanol–water partition coefficient (Wildman–Crippen LogP) is 5.57. The summed E-state index contributed by atoms with van der Waals surface area (Å²) in [5, 5.41) is 3.15. The smallest absolute Gasteiger partial charge is 0.291 e. The maximum atomic E-state index is 12.6. The molecule has 0 bridgehead atoms. The number of hydrogen-bond acceptors (Lipinski definition) is 6. The number of sulfonamides is 1. The molecule has 0 aliphatic rings. The van der Waals surface area contributed by atoms with E-state index in [2.05, 4.69) is 10.0 Å². The largest absolute Gasteiger partial charge is 0.497 e. The molecule has 0 fully saturated rings. The van der Waals surface area contributed by atoms with Gasteiger partial charge in [-0.25, -0.2) is 8.42 Å². The molecule has 0 aliphatic heterocycles. The van der Waals surface area contributed by atoms with E-state index in [9.17, 15) is 13.2 Å². The third-order valence-electron chi connectivity index (χ3n) is 4.86. The molecule has 1 amide bonds. The molecule has 0 saturated heterocycles. The molecule has 2 N–H and O–H groups in total. The van der Waals surface area contributed by atoms with Gasteiger partial charge in [-0.3, -0.25) is 9.52 Å². The number of ether oxygens (including phenoxy) is 2. The summed E-state index contributed by atoms with van der Waals surface area (Å²) < 4.78 is 44.0. The first-order valence-electron chi connectivity index (χ1n) is 10.4. The van der Waals surface area contributed by atoms with Gasteiger partial charge in [0.05, 0.1) is 17.0 Å². The number of benzene rings is 3. The maximum Gasteiger partial charge on any atom is 0.291 e. The van der Waals surface area contributed by atoms with E-state index >= 15 is 0 Å². The summed E-state index contributed by atoms with van der Waals surface area (Å²) in [6.45, 7) is 0.102. The summed E-state index contributed by atoms with van der Waals surface area (Å²) in [6, 6.07) is 22.5. The second-order valence-corrected chi connectivity index (χ2v) is 9.39. The summed E-state index contributed by atoms with van der Waals surface area (Å²) >= 11 is 6.06. The van der Waals surface area contributed by atoms with Crippen molar-refractivity contribution >= 4 is 38.9 Å². The standard InChI is InChI=1S/C25H21ClN2O6S/c1-32-19-10-6-18(7-11-19)28-35(30,31)21-13-8-17(9-14-21)27-25(29)24-15-12-20(34-24)16-33-23-5-3-2-4-22(23)26/h2-15,28H,16H2,1H3,(H,27,29). The number of nitrogens with one attached hydrogen (secondary N) is 2. The average Bonchev–Trinajstić information content (AvgIpc) is 3.33. The molecule has 4 rings (SSSR count). The van der Waals surface area contributed by atoms with Crippen LogP contribution in [0.25, 0.3) is 0 Å². The highest BCUT2D eigenvalue weighted by Gasteiger charge is 2.16. The summed E-state index contributed by atoms with van der Waals surface area (Å²) in [7, 11) is -2.28. The normalized spacial score (nSPS) is 11.0. The van der Waals surface area contributed by atoms with Gasteiger partial charge in [-0.2, -0.15) is 0 Å². The Hall–Kier alpha value is -3.95. The van der Waals surface area contributed by atoms with Gasteiger partial charge in [0.15, 0.2) is 5.76 Å². The molecule has 0 atom stereocenters. The Labute approximate surface area is 207 Å². The van der Waals surface area contributed by atoms with Gasteiger partial charge in [-0.1, -0.05) is 23.7 Å². The molecule has 35 heavy (non-hydrogen) atoms. The Morgan fingerprint density at radius 1 is 0.914 bits per heavy atom. The van der Waals surface area contributed by atoms with Crippen molar-refractivity contribution in [2.75, 3.05) is 17.1 Å². The van der Waals surface area contributed by atoms with Crippen LogP contribution in [0.1, 0.15) is 16.3 Å². The van der Waals surface area contributed by atoms with Crippen LogP contribution in [0.3, 0.4) is 0 Å². The van der Waals surface area contributed by atoms with E-state index in [1.165, 1.54) is 37.4 Å². The molecule has 1 aromatic heterocycles. The zero-order valence-electron chi connectivity index (χ0n) is 18.5. The third kappa shape index (κ3) is 6.14. The Kier molecular flexibility index (Phi) is 7.28. The molecule has 10 heteroatoms. The molecule has 4 aromatic rings. The summed E-state index contributed by atoms with van der Waals surface area (Å²) in [5.74, 6) is 1.17. The molecule has 3 aromatic carbocycles. The van der Waals surface area contributed by atoms with Gasteiger partial charge in [0.2, 0.25) is 0 Å². The van der Waals surface area contributed by atoms with Crippen LogP contribution in [0, 0.1) is 0 Å². The lowest BCUT2D eigenvalue weighted by molar-refractivity contribution is 0.0992. The van der Waals surface area contributed by atoms with Crippen molar-refractivity contribution in [3.8, 4) is 11.5 Å². The van der Waals surface area contributed by atoms with Crippen molar-refractivity contribution in [2.45, 2.75) is 11.5 Å². The summed E-state index contributed by atoms with van der Waals surface area (Å²) in [4.78, 5) is 12.6. The fourth-order valence-corrected chi connectivity index (χ4v) is 4.32. The first kappa shape index (κ1) is 24.2. The van der Waals surface area contributed by atoms with Crippen LogP contribution in [0.5, 0.6) is 11.5 Å². The van der Waals surface area contributed by atoms with Gasteiger partial charge in [0, 0.05) is 11.4 Å². The topological polar surface area (TPSA) is 107 Å². The van der Waals surface area contributed by atoms with Crippen molar-refractivity contribution in [1.82, 2.24) is 0 Å². The molecule has 180 valence electrons. The molecular weight excluding hydrogens is 492 g/mol. The number of anilines is 2. The van der Waals surface area contributed by atoms with Crippen molar-refractivity contribution < 1.29 is 27.1 Å². The van der Waals surface area contributed by atoms with E-state index in [1.807, 2.05) is 0 Å². The predicted molar refractivity (Wildman–Crippen MR) is 133 cm³/mol. The van der Waals surface area contributed by atoms with E-state index in [1.54, 1.807) is 54.6 Å². The van der Waals surface area contributed by atoms with Gasteiger partial charge in [0.25, 0.3) is 15.9 Å². The fourth-order valence-electron chi connectivity index (χ4n) is 3.07. The number of amides is 1. The SMILES string of the molecule is COc1ccc(NS(=O)(=O)c2ccc(NC(=O)c3ccc(COc4ccccc4Cl)o3)cc2)cc1. The van der Waals surface area contributed by atoms with E-state index < -0.39 is 15.9 Å². The highest BCUT2D eigenvalue weighted by Crippen LogP contribution is 2.25. The van der Waals surface area contributed by atoms with Crippen molar-refractivity contribution in [3.05, 3.63) is 101 Å². The van der Waals surface area contributed by atoms with E-state index in [0.29, 0.717) is 33.7 Å². The fraction of sp³-hybridized carbons (Fsp3) is 0.0800. The highest BCUT2D eigenvalue weighted by atomic mass is 35.5. The molecule has 8 nitrogen and oxygen atoms in total. The van der Waals surface area contributed by atoms with E-state index in [-0.39, 0.29) is 17.3 Å². The second kappa shape index (κ2) is 10.5. The highest BCUT2D eigenvalue weighted by molar-refractivity contribution is 7.92. The quantitative estimate of drug-likeness (QED) is 0.303. The zero-order chi connectivity index (χ0) is 24.8. The Balaban J connectivity index is 1.36. The molecule has 0 spiro atoms. The molecular formula is C25H21ClN2O6S. The van der Waals surface area contributed by atoms with Crippen LogP contribution in [0.2, 0.25) is 5.02 Å². The number of para-hydroxylation sites is 1. The number of rotatable bonds is 9. The van der Waals surface area contributed by atoms with Gasteiger partial charge < -0.3 is 19.2 Å². The molecule has 0 unspecified atom stereocenters. The first-order chi connectivity index (χ1) is 16.8. The van der Waals surface area contributed by atoms with Crippen molar-refractivity contribution in [3.63, 3.8) is 0 Å². The lowest BCUT2D eigenvalue weighted by Crippen LogP contribution is -2.14. The summed E-state index contributed by atoms with van der Waals surface area (Å²) in [6.07, 6.45) is 0. The number of carbonyl (C=O) groups excluding carboxylic acids is 1. The average molecular weight is 513 g/mol. The molecule has 0 saturated carbocycles. The van der Waals surface area contributed by atoms with Crippen LogP contribution < -0.4 is 19.5 Å². The Morgan fingerprint density at radius 3 is 2.29 bits per heavy atom. The van der Waals surface area contributed by atoms with Gasteiger partial charge in [-0.15, -0.1) is 0 Å².